The molecule has 0 heterocycles. The van der Waals surface area contributed by atoms with Crippen LogP contribution in [0.1, 0.15) is 31.2 Å². The molecule has 0 aliphatic carbocycles. The molecule has 14 nitrogen and oxygen atoms in total. The van der Waals surface area contributed by atoms with E-state index in [0.29, 0.717) is 23.8 Å². The summed E-state index contributed by atoms with van der Waals surface area (Å²) in [4.78, 5) is 63.8. The first kappa shape index (κ1) is 26.8. The second kappa shape index (κ2) is 13.3. The van der Waals surface area contributed by atoms with Crippen molar-refractivity contribution in [1.29, 1.82) is 0 Å². The number of carbonyl (C=O) groups is 3. The topological polar surface area (TPSA) is 184 Å². The molecule has 2 rings (SSSR count). The minimum atomic E-state index is -1.10. The van der Waals surface area contributed by atoms with Crippen LogP contribution in [0.3, 0.4) is 0 Å². The molecular weight excluding hydrogens is 472 g/mol. The van der Waals surface area contributed by atoms with Gasteiger partial charge in [0.05, 0.1) is 19.1 Å². The summed E-state index contributed by atoms with van der Waals surface area (Å²) in [5.41, 5.74) is 0.616. The van der Waals surface area contributed by atoms with Crippen molar-refractivity contribution in [1.82, 2.24) is 0 Å². The van der Waals surface area contributed by atoms with Crippen molar-refractivity contribution >= 4 is 28.7 Å². The number of rotatable bonds is 14. The summed E-state index contributed by atoms with van der Waals surface area (Å²) >= 11 is 0. The minimum Gasteiger partial charge on any atom is -0.463 e. The molecule has 2 aromatic rings. The van der Waals surface area contributed by atoms with E-state index in [9.17, 15) is 34.6 Å². The van der Waals surface area contributed by atoms with Gasteiger partial charge in [0, 0.05) is 0 Å². The van der Waals surface area contributed by atoms with Crippen molar-refractivity contribution in [3.63, 3.8) is 0 Å². The second-order valence-electron chi connectivity index (χ2n) is 7.05. The van der Waals surface area contributed by atoms with E-state index < -0.39 is 47.2 Å². The Morgan fingerprint density at radius 3 is 2.20 bits per heavy atom. The van der Waals surface area contributed by atoms with Gasteiger partial charge < -0.3 is 23.9 Å². The van der Waals surface area contributed by atoms with Crippen molar-refractivity contribution in [2.45, 2.75) is 25.7 Å². The first-order valence-electron chi connectivity index (χ1n) is 10.3. The molecule has 1 atom stereocenters. The van der Waals surface area contributed by atoms with E-state index >= 15 is 0 Å². The average molecular weight is 494 g/mol. The van der Waals surface area contributed by atoms with Crippen LogP contribution in [0.25, 0.3) is 10.8 Å². The third kappa shape index (κ3) is 9.49. The molecule has 0 bridgehead atoms. The normalized spacial score (nSPS) is 11.2. The van der Waals surface area contributed by atoms with Gasteiger partial charge in [0.25, 0.3) is 10.2 Å². The zero-order valence-electron chi connectivity index (χ0n) is 18.6. The summed E-state index contributed by atoms with van der Waals surface area (Å²) < 4.78 is 14.9. The molecule has 14 heteroatoms. The lowest BCUT2D eigenvalue weighted by atomic mass is 9.98. The Morgan fingerprint density at radius 1 is 0.829 bits per heavy atom. The SMILES string of the molecule is CC(C(=O)OCC(=O)OCCCCO[N+](=O)[O-])c1ccc2cc(OC(=O)CO[N+](=O)[O-])ccc2c1. The fourth-order valence-corrected chi connectivity index (χ4v) is 2.80. The molecule has 0 saturated carbocycles. The van der Waals surface area contributed by atoms with Crippen LogP contribution in [-0.2, 0) is 33.5 Å². The third-order valence-corrected chi connectivity index (χ3v) is 4.54. The Kier molecular flexibility index (Phi) is 10.1. The maximum Gasteiger partial charge on any atom is 0.344 e. The summed E-state index contributed by atoms with van der Waals surface area (Å²) in [7, 11) is 0. The highest BCUT2D eigenvalue weighted by Gasteiger charge is 2.19. The Bertz CT molecular complexity index is 1090. The standard InChI is InChI=1S/C21H22N2O12/c1-14(21(26)32-12-19(24)31-8-2-3-9-33-22(27)28)15-4-5-17-11-18(7-6-16(17)10-15)35-20(25)13-34-23(29)30/h4-7,10-11,14H,2-3,8-9,12-13H2,1H3. The molecule has 0 spiro atoms. The zero-order chi connectivity index (χ0) is 25.8. The summed E-state index contributed by atoms with van der Waals surface area (Å²) in [5, 5.41) is 19.5. The lowest BCUT2D eigenvalue weighted by Crippen LogP contribution is -2.20. The molecule has 0 saturated heterocycles. The number of hydrogen-bond acceptors (Lipinski definition) is 12. The van der Waals surface area contributed by atoms with Gasteiger partial charge in [-0.2, -0.15) is 0 Å². The zero-order valence-corrected chi connectivity index (χ0v) is 18.6. The van der Waals surface area contributed by atoms with Gasteiger partial charge in [-0.1, -0.05) is 24.3 Å². The number of benzene rings is 2. The van der Waals surface area contributed by atoms with Crippen LogP contribution >= 0.6 is 0 Å². The molecule has 35 heavy (non-hydrogen) atoms. The van der Waals surface area contributed by atoms with Crippen molar-refractivity contribution < 1.29 is 48.4 Å². The molecule has 2 aromatic carbocycles. The Balaban J connectivity index is 1.83. The van der Waals surface area contributed by atoms with Crippen LogP contribution in [0.2, 0.25) is 0 Å². The number of ether oxygens (including phenoxy) is 3. The van der Waals surface area contributed by atoms with Gasteiger partial charge >= 0.3 is 17.9 Å². The van der Waals surface area contributed by atoms with Crippen molar-refractivity contribution in [3.05, 3.63) is 62.2 Å². The predicted octanol–water partition coefficient (Wildman–Crippen LogP) is 2.13. The molecular formula is C21H22N2O12. The van der Waals surface area contributed by atoms with Crippen LogP contribution in [0.15, 0.2) is 36.4 Å². The molecule has 0 radical (unpaired) electrons. The lowest BCUT2D eigenvalue weighted by Gasteiger charge is -2.13. The van der Waals surface area contributed by atoms with E-state index in [1.807, 2.05) is 0 Å². The van der Waals surface area contributed by atoms with Gasteiger partial charge in [0.2, 0.25) is 0 Å². The van der Waals surface area contributed by atoms with E-state index in [0.717, 1.165) is 5.39 Å². The highest BCUT2D eigenvalue weighted by molar-refractivity contribution is 5.88. The fourth-order valence-electron chi connectivity index (χ4n) is 2.80. The second-order valence-corrected chi connectivity index (χ2v) is 7.05. The Hall–Kier alpha value is -4.49. The van der Waals surface area contributed by atoms with Crippen LogP contribution in [0.4, 0.5) is 0 Å². The number of esters is 3. The maximum atomic E-state index is 12.3. The van der Waals surface area contributed by atoms with E-state index in [4.69, 9.17) is 14.2 Å². The number of hydrogen-bond donors (Lipinski definition) is 0. The van der Waals surface area contributed by atoms with Crippen LogP contribution in [0, 0.1) is 20.2 Å². The molecule has 0 aliphatic rings. The van der Waals surface area contributed by atoms with E-state index in [-0.39, 0.29) is 19.0 Å². The van der Waals surface area contributed by atoms with E-state index in [2.05, 4.69) is 9.68 Å². The number of carbonyl (C=O) groups excluding carboxylic acids is 3. The van der Waals surface area contributed by atoms with E-state index in [1.165, 1.54) is 6.07 Å². The number of nitrogens with zero attached hydrogens (tertiary/aromatic N) is 2. The van der Waals surface area contributed by atoms with Gasteiger partial charge in [-0.15, -0.1) is 20.2 Å². The quantitative estimate of drug-likeness (QED) is 0.123. The molecule has 0 fully saturated rings. The summed E-state index contributed by atoms with van der Waals surface area (Å²) in [6, 6.07) is 9.76. The number of fused-ring (bicyclic) bond motifs is 1. The predicted molar refractivity (Wildman–Crippen MR) is 115 cm³/mol. The number of unbranched alkanes of at least 4 members (excludes halogenated alkanes) is 1. The fraction of sp³-hybridized carbons (Fsp3) is 0.381. The van der Waals surface area contributed by atoms with Crippen molar-refractivity contribution in [2.75, 3.05) is 26.4 Å². The maximum absolute atomic E-state index is 12.3. The van der Waals surface area contributed by atoms with Crippen LogP contribution in [-0.4, -0.2) is 54.5 Å². The van der Waals surface area contributed by atoms with Gasteiger partial charge in [0.1, 0.15) is 5.75 Å². The van der Waals surface area contributed by atoms with Crippen LogP contribution in [0.5, 0.6) is 5.75 Å². The lowest BCUT2D eigenvalue weighted by molar-refractivity contribution is -0.757. The molecule has 188 valence electrons. The summed E-state index contributed by atoms with van der Waals surface area (Å²) in [6.07, 6.45) is 0.682. The molecule has 0 amide bonds. The van der Waals surface area contributed by atoms with Crippen LogP contribution < -0.4 is 4.74 Å². The summed E-state index contributed by atoms with van der Waals surface area (Å²) in [5.74, 6) is -2.85. The Morgan fingerprint density at radius 2 is 1.49 bits per heavy atom. The minimum absolute atomic E-state index is 0.0116. The van der Waals surface area contributed by atoms with Gasteiger partial charge in [-0.05, 0) is 48.2 Å². The van der Waals surface area contributed by atoms with Gasteiger partial charge in [0.15, 0.2) is 13.2 Å². The highest BCUT2D eigenvalue weighted by Crippen LogP contribution is 2.26. The van der Waals surface area contributed by atoms with Gasteiger partial charge in [-0.25, -0.2) is 9.59 Å². The van der Waals surface area contributed by atoms with Crippen molar-refractivity contribution in [3.8, 4) is 5.75 Å². The van der Waals surface area contributed by atoms with E-state index in [1.54, 1.807) is 37.3 Å². The monoisotopic (exact) mass is 494 g/mol. The largest absolute Gasteiger partial charge is 0.463 e. The first-order valence-corrected chi connectivity index (χ1v) is 10.3. The highest BCUT2D eigenvalue weighted by atomic mass is 17.0. The molecule has 1 unspecified atom stereocenters. The smallest absolute Gasteiger partial charge is 0.344 e. The van der Waals surface area contributed by atoms with Gasteiger partial charge in [-0.3, -0.25) is 4.79 Å². The molecule has 0 aromatic heterocycles. The molecule has 0 aliphatic heterocycles. The third-order valence-electron chi connectivity index (χ3n) is 4.54. The summed E-state index contributed by atoms with van der Waals surface area (Å²) in [6.45, 7) is 0.106. The molecule has 0 N–H and O–H groups in total. The Labute approximate surface area is 197 Å². The average Bonchev–Trinajstić information content (AvgIpc) is 2.82. The first-order chi connectivity index (χ1) is 16.7. The van der Waals surface area contributed by atoms with Crippen molar-refractivity contribution in [2.24, 2.45) is 0 Å².